The Morgan fingerprint density at radius 1 is 0.966 bits per heavy atom. The van der Waals surface area contributed by atoms with Crippen molar-refractivity contribution in [3.05, 3.63) is 60.2 Å². The zero-order valence-electron chi connectivity index (χ0n) is 17.4. The fraction of sp³-hybridized carbons (Fsp3) is 0.423. The van der Waals surface area contributed by atoms with Crippen LogP contribution in [0.4, 0.5) is 0 Å². The maximum absolute atomic E-state index is 12.5. The predicted molar refractivity (Wildman–Crippen MR) is 124 cm³/mol. The second-order valence-corrected chi connectivity index (χ2v) is 9.73. The van der Waals surface area contributed by atoms with Crippen molar-refractivity contribution in [2.24, 2.45) is 5.92 Å². The Morgan fingerprint density at radius 2 is 1.66 bits per heavy atom. The standard InChI is InChI=1S/C26H30O2S/c1-26(2,23-13-4-3-5-14-23)28-25(27)18-29-17-22-12-8-11-21-15-19-9-6-7-10-20(19)16-24(21)22/h6-12,15-16,23H,3-5,13-14,17-18H2,1-2H3. The maximum atomic E-state index is 12.5. The highest BCUT2D eigenvalue weighted by molar-refractivity contribution is 7.99. The lowest BCUT2D eigenvalue weighted by Gasteiger charge is -2.36. The number of benzene rings is 3. The summed E-state index contributed by atoms with van der Waals surface area (Å²) in [5.74, 6) is 1.63. The SMILES string of the molecule is CC(C)(OC(=O)CSCc1cccc2cc3ccccc3cc12)C1CCCCC1. The summed E-state index contributed by atoms with van der Waals surface area (Å²) in [7, 11) is 0. The molecule has 0 unspecified atom stereocenters. The quantitative estimate of drug-likeness (QED) is 0.322. The van der Waals surface area contributed by atoms with Crippen molar-refractivity contribution in [2.75, 3.05) is 5.75 Å². The Kier molecular flexibility index (Phi) is 6.15. The highest BCUT2D eigenvalue weighted by Crippen LogP contribution is 2.35. The smallest absolute Gasteiger partial charge is 0.316 e. The van der Waals surface area contributed by atoms with Crippen LogP contribution in [-0.4, -0.2) is 17.3 Å². The minimum atomic E-state index is -0.351. The van der Waals surface area contributed by atoms with E-state index in [1.165, 1.54) is 59.2 Å². The first-order valence-corrected chi connectivity index (χ1v) is 11.9. The largest absolute Gasteiger partial charge is 0.459 e. The summed E-state index contributed by atoms with van der Waals surface area (Å²) in [4.78, 5) is 12.5. The van der Waals surface area contributed by atoms with E-state index in [9.17, 15) is 4.79 Å². The molecule has 1 aliphatic rings. The van der Waals surface area contributed by atoms with Crippen LogP contribution in [0.5, 0.6) is 0 Å². The van der Waals surface area contributed by atoms with Crippen molar-refractivity contribution in [1.29, 1.82) is 0 Å². The van der Waals surface area contributed by atoms with Gasteiger partial charge in [0.1, 0.15) is 5.60 Å². The Morgan fingerprint density at radius 3 is 2.41 bits per heavy atom. The first kappa shape index (κ1) is 20.3. The second kappa shape index (κ2) is 8.79. The van der Waals surface area contributed by atoms with Crippen LogP contribution in [0, 0.1) is 5.92 Å². The molecule has 0 saturated heterocycles. The Bertz CT molecular complexity index is 1000. The van der Waals surface area contributed by atoms with Gasteiger partial charge in [-0.3, -0.25) is 4.79 Å². The van der Waals surface area contributed by atoms with Crippen molar-refractivity contribution in [3.8, 4) is 0 Å². The van der Waals surface area contributed by atoms with E-state index in [4.69, 9.17) is 4.74 Å². The van der Waals surface area contributed by atoms with Crippen LogP contribution in [0.25, 0.3) is 21.5 Å². The third-order valence-corrected chi connectivity index (χ3v) is 7.23. The van der Waals surface area contributed by atoms with Gasteiger partial charge in [-0.25, -0.2) is 0 Å². The average Bonchev–Trinajstić information content (AvgIpc) is 2.73. The van der Waals surface area contributed by atoms with Crippen molar-refractivity contribution in [2.45, 2.75) is 57.3 Å². The number of hydrogen-bond acceptors (Lipinski definition) is 3. The number of hydrogen-bond donors (Lipinski definition) is 0. The van der Waals surface area contributed by atoms with Gasteiger partial charge in [0.15, 0.2) is 0 Å². The molecule has 3 aromatic carbocycles. The van der Waals surface area contributed by atoms with Crippen molar-refractivity contribution in [3.63, 3.8) is 0 Å². The lowest BCUT2D eigenvalue weighted by Crippen LogP contribution is -2.38. The number of carbonyl (C=O) groups excluding carboxylic acids is 1. The zero-order chi connectivity index (χ0) is 20.3. The summed E-state index contributed by atoms with van der Waals surface area (Å²) in [6.07, 6.45) is 6.19. The highest BCUT2D eigenvalue weighted by Gasteiger charge is 2.33. The molecule has 1 aliphatic carbocycles. The normalized spacial score (nSPS) is 15.7. The molecule has 4 rings (SSSR count). The summed E-state index contributed by atoms with van der Waals surface area (Å²) in [6, 6.07) is 19.4. The lowest BCUT2D eigenvalue weighted by molar-refractivity contribution is -0.159. The summed E-state index contributed by atoms with van der Waals surface area (Å²) >= 11 is 1.65. The molecule has 0 bridgehead atoms. The minimum absolute atomic E-state index is 0.0868. The van der Waals surface area contributed by atoms with Crippen molar-refractivity contribution < 1.29 is 9.53 Å². The van der Waals surface area contributed by atoms with E-state index in [-0.39, 0.29) is 11.6 Å². The van der Waals surface area contributed by atoms with E-state index < -0.39 is 0 Å². The summed E-state index contributed by atoms with van der Waals surface area (Å²) < 4.78 is 5.90. The molecule has 0 heterocycles. The van der Waals surface area contributed by atoms with Gasteiger partial charge in [0.05, 0.1) is 5.75 Å². The Hall–Kier alpha value is -2.00. The number of fused-ring (bicyclic) bond motifs is 2. The molecule has 0 atom stereocenters. The number of esters is 1. The fourth-order valence-corrected chi connectivity index (χ4v) is 5.41. The van der Waals surface area contributed by atoms with E-state index in [1.807, 2.05) is 0 Å². The van der Waals surface area contributed by atoms with Crippen LogP contribution in [0.2, 0.25) is 0 Å². The molecular formula is C26H30O2S. The number of carbonyl (C=O) groups is 1. The first-order chi connectivity index (χ1) is 14.0. The van der Waals surface area contributed by atoms with Gasteiger partial charge in [0, 0.05) is 5.75 Å². The van der Waals surface area contributed by atoms with Crippen LogP contribution in [0.1, 0.15) is 51.5 Å². The van der Waals surface area contributed by atoms with Crippen LogP contribution in [0.3, 0.4) is 0 Å². The first-order valence-electron chi connectivity index (χ1n) is 10.7. The van der Waals surface area contributed by atoms with Gasteiger partial charge in [0.2, 0.25) is 0 Å². The van der Waals surface area contributed by atoms with Gasteiger partial charge < -0.3 is 4.74 Å². The van der Waals surface area contributed by atoms with E-state index in [0.717, 1.165) is 5.75 Å². The molecule has 0 radical (unpaired) electrons. The van der Waals surface area contributed by atoms with Crippen molar-refractivity contribution >= 4 is 39.3 Å². The maximum Gasteiger partial charge on any atom is 0.316 e. The summed E-state index contributed by atoms with van der Waals surface area (Å²) in [5.41, 5.74) is 0.925. The Labute approximate surface area is 178 Å². The third kappa shape index (κ3) is 4.78. The molecule has 0 aromatic heterocycles. The van der Waals surface area contributed by atoms with Crippen LogP contribution < -0.4 is 0 Å². The van der Waals surface area contributed by atoms with E-state index in [0.29, 0.717) is 11.7 Å². The van der Waals surface area contributed by atoms with E-state index in [2.05, 4.69) is 68.4 Å². The molecule has 2 nitrogen and oxygen atoms in total. The number of rotatable bonds is 6. The van der Waals surface area contributed by atoms with Gasteiger partial charge in [-0.2, -0.15) is 0 Å². The second-order valence-electron chi connectivity index (χ2n) is 8.74. The van der Waals surface area contributed by atoms with Gasteiger partial charge in [0.25, 0.3) is 0 Å². The highest BCUT2D eigenvalue weighted by atomic mass is 32.2. The molecule has 3 aromatic rings. The lowest BCUT2D eigenvalue weighted by atomic mass is 9.79. The van der Waals surface area contributed by atoms with E-state index >= 15 is 0 Å². The molecule has 0 spiro atoms. The molecule has 1 saturated carbocycles. The van der Waals surface area contributed by atoms with Gasteiger partial charge in [-0.1, -0.05) is 61.7 Å². The van der Waals surface area contributed by atoms with Crippen LogP contribution in [0.15, 0.2) is 54.6 Å². The molecular weight excluding hydrogens is 376 g/mol. The molecule has 1 fully saturated rings. The van der Waals surface area contributed by atoms with Gasteiger partial charge in [-0.05, 0) is 71.8 Å². The average molecular weight is 407 g/mol. The molecule has 3 heteroatoms. The topological polar surface area (TPSA) is 26.3 Å². The van der Waals surface area contributed by atoms with Crippen LogP contribution in [-0.2, 0) is 15.3 Å². The predicted octanol–water partition coefficient (Wildman–Crippen LogP) is 7.13. The zero-order valence-corrected chi connectivity index (χ0v) is 18.3. The minimum Gasteiger partial charge on any atom is -0.459 e. The van der Waals surface area contributed by atoms with E-state index in [1.54, 1.807) is 11.8 Å². The summed E-state index contributed by atoms with van der Waals surface area (Å²) in [5, 5.41) is 5.04. The van der Waals surface area contributed by atoms with Gasteiger partial charge >= 0.3 is 5.97 Å². The van der Waals surface area contributed by atoms with Crippen LogP contribution >= 0.6 is 11.8 Å². The molecule has 0 aliphatic heterocycles. The Balaban J connectivity index is 1.39. The van der Waals surface area contributed by atoms with Gasteiger partial charge in [-0.15, -0.1) is 11.8 Å². The summed E-state index contributed by atoms with van der Waals surface area (Å²) in [6.45, 7) is 4.17. The molecule has 0 amide bonds. The third-order valence-electron chi connectivity index (χ3n) is 6.28. The number of thioether (sulfide) groups is 1. The molecule has 29 heavy (non-hydrogen) atoms. The monoisotopic (exact) mass is 406 g/mol. The number of ether oxygens (including phenoxy) is 1. The van der Waals surface area contributed by atoms with Crippen molar-refractivity contribution in [1.82, 2.24) is 0 Å². The fourth-order valence-electron chi connectivity index (χ4n) is 4.61. The molecule has 152 valence electrons. The molecule has 0 N–H and O–H groups in total.